The lowest BCUT2D eigenvalue weighted by Gasteiger charge is -2.08. The molecule has 0 amide bonds. The van der Waals surface area contributed by atoms with Gasteiger partial charge in [0.15, 0.2) is 0 Å². The van der Waals surface area contributed by atoms with E-state index in [-0.39, 0.29) is 11.1 Å². The van der Waals surface area contributed by atoms with E-state index in [0.29, 0.717) is 10.0 Å². The Balaban J connectivity index is 3.04. The van der Waals surface area contributed by atoms with Gasteiger partial charge in [0, 0.05) is 4.48 Å². The van der Waals surface area contributed by atoms with Gasteiger partial charge in [-0.25, -0.2) is 4.79 Å². The zero-order chi connectivity index (χ0) is 14.6. The predicted octanol–water partition coefficient (Wildman–Crippen LogP) is 4.73. The zero-order valence-electron chi connectivity index (χ0n) is 9.72. The maximum atomic E-state index is 12.4. The van der Waals surface area contributed by atoms with Gasteiger partial charge in [0.2, 0.25) is 0 Å². The predicted molar refractivity (Wildman–Crippen MR) is 72.9 cm³/mol. The number of hydrogen-bond donors (Lipinski definition) is 0. The second-order valence-corrected chi connectivity index (χ2v) is 5.01. The van der Waals surface area contributed by atoms with Crippen LogP contribution in [0.2, 0.25) is 0 Å². The van der Waals surface area contributed by atoms with Crippen LogP contribution in [-0.2, 0) is 15.7 Å². The number of rotatable bonds is 3. The number of alkyl halides is 3. The Morgan fingerprint density at radius 3 is 2.16 bits per heavy atom. The van der Waals surface area contributed by atoms with E-state index >= 15 is 0 Å². The first-order chi connectivity index (χ1) is 8.77. The molecule has 1 aromatic carbocycles. The second-order valence-electron chi connectivity index (χ2n) is 3.42. The van der Waals surface area contributed by atoms with Crippen molar-refractivity contribution >= 4 is 42.3 Å². The van der Waals surface area contributed by atoms with Crippen molar-refractivity contribution in [1.82, 2.24) is 0 Å². The molecule has 0 radical (unpaired) electrons. The lowest BCUT2D eigenvalue weighted by molar-refractivity contribution is -0.138. The fourth-order valence-corrected chi connectivity index (χ4v) is 1.99. The van der Waals surface area contributed by atoms with Gasteiger partial charge in [-0.15, -0.1) is 0 Å². The maximum Gasteiger partial charge on any atom is 0.416 e. The van der Waals surface area contributed by atoms with Gasteiger partial charge in [-0.1, -0.05) is 12.1 Å². The van der Waals surface area contributed by atoms with Crippen molar-refractivity contribution in [2.24, 2.45) is 0 Å². The maximum absolute atomic E-state index is 12.4. The summed E-state index contributed by atoms with van der Waals surface area (Å²) in [5.74, 6) is -0.589. The largest absolute Gasteiger partial charge is 0.462 e. The summed E-state index contributed by atoms with van der Waals surface area (Å²) < 4.78 is 42.4. The Kier molecular flexibility index (Phi) is 5.61. The van der Waals surface area contributed by atoms with E-state index in [1.165, 1.54) is 12.1 Å². The molecule has 104 valence electrons. The summed E-state index contributed by atoms with van der Waals surface area (Å²) in [6.07, 6.45) is -4.38. The van der Waals surface area contributed by atoms with Gasteiger partial charge in [0.05, 0.1) is 12.2 Å². The minimum Gasteiger partial charge on any atom is -0.462 e. The van der Waals surface area contributed by atoms with Crippen LogP contribution in [-0.4, -0.2) is 12.6 Å². The standard InChI is InChI=1S/C12H9Br2F3O2/c1-2-19-11(18)10(14)9(13)7-3-5-8(6-4-7)12(15,16)17/h3-6H,2H2,1H3/b10-9+. The van der Waals surface area contributed by atoms with Gasteiger partial charge in [0.1, 0.15) is 4.48 Å². The molecule has 7 heteroatoms. The average Bonchev–Trinajstić information content (AvgIpc) is 2.36. The van der Waals surface area contributed by atoms with Crippen molar-refractivity contribution in [3.63, 3.8) is 0 Å². The summed E-state index contributed by atoms with van der Waals surface area (Å²) in [7, 11) is 0. The normalized spacial score (nSPS) is 12.9. The van der Waals surface area contributed by atoms with E-state index in [0.717, 1.165) is 12.1 Å². The molecule has 0 N–H and O–H groups in total. The Hall–Kier alpha value is -0.820. The molecule has 0 unspecified atom stereocenters. The van der Waals surface area contributed by atoms with Crippen molar-refractivity contribution < 1.29 is 22.7 Å². The van der Waals surface area contributed by atoms with Crippen LogP contribution in [0.15, 0.2) is 28.7 Å². The summed E-state index contributed by atoms with van der Waals surface area (Å²) in [5, 5.41) is 0. The minimum atomic E-state index is -4.38. The summed E-state index contributed by atoms with van der Waals surface area (Å²) in [5.41, 5.74) is -0.309. The van der Waals surface area contributed by atoms with Gasteiger partial charge >= 0.3 is 12.1 Å². The molecule has 0 atom stereocenters. The lowest BCUT2D eigenvalue weighted by atomic mass is 10.1. The van der Waals surface area contributed by atoms with Crippen molar-refractivity contribution in [1.29, 1.82) is 0 Å². The van der Waals surface area contributed by atoms with Crippen molar-refractivity contribution in [2.75, 3.05) is 6.61 Å². The number of benzene rings is 1. The molecule has 0 fully saturated rings. The smallest absolute Gasteiger partial charge is 0.416 e. The van der Waals surface area contributed by atoms with Crippen LogP contribution in [0.5, 0.6) is 0 Å². The summed E-state index contributed by atoms with van der Waals surface area (Å²) in [4.78, 5) is 11.4. The zero-order valence-corrected chi connectivity index (χ0v) is 12.9. The minimum absolute atomic E-state index is 0.120. The highest BCUT2D eigenvalue weighted by atomic mass is 79.9. The highest BCUT2D eigenvalue weighted by Crippen LogP contribution is 2.33. The van der Waals surface area contributed by atoms with E-state index in [2.05, 4.69) is 31.9 Å². The van der Waals surface area contributed by atoms with Crippen molar-refractivity contribution in [2.45, 2.75) is 13.1 Å². The number of halogens is 5. The van der Waals surface area contributed by atoms with Crippen molar-refractivity contribution in [3.05, 3.63) is 39.9 Å². The van der Waals surface area contributed by atoms with Crippen LogP contribution in [0, 0.1) is 0 Å². The first-order valence-corrected chi connectivity index (χ1v) is 6.76. The molecule has 0 aliphatic heterocycles. The number of hydrogen-bond acceptors (Lipinski definition) is 2. The molecule has 0 saturated heterocycles. The summed E-state index contributed by atoms with van der Waals surface area (Å²) >= 11 is 6.19. The first-order valence-electron chi connectivity index (χ1n) is 5.17. The Bertz CT molecular complexity index is 493. The van der Waals surface area contributed by atoms with Crippen LogP contribution < -0.4 is 0 Å². The Morgan fingerprint density at radius 2 is 1.74 bits per heavy atom. The second kappa shape index (κ2) is 6.56. The molecule has 19 heavy (non-hydrogen) atoms. The molecule has 0 saturated carbocycles. The van der Waals surface area contributed by atoms with Crippen LogP contribution in [0.4, 0.5) is 13.2 Å². The third kappa shape index (κ3) is 4.35. The summed E-state index contributed by atoms with van der Waals surface area (Å²) in [6.45, 7) is 1.87. The first kappa shape index (κ1) is 16.2. The Labute approximate surface area is 124 Å². The van der Waals surface area contributed by atoms with E-state index in [1.54, 1.807) is 6.92 Å². The van der Waals surface area contributed by atoms with Crippen LogP contribution in [0.3, 0.4) is 0 Å². The van der Waals surface area contributed by atoms with Gasteiger partial charge in [-0.2, -0.15) is 13.2 Å². The third-order valence-corrected chi connectivity index (χ3v) is 4.22. The quantitative estimate of drug-likeness (QED) is 0.540. The number of carbonyl (C=O) groups is 1. The van der Waals surface area contributed by atoms with Gasteiger partial charge < -0.3 is 4.74 Å². The number of ether oxygens (including phenoxy) is 1. The fourth-order valence-electron chi connectivity index (χ4n) is 1.22. The lowest BCUT2D eigenvalue weighted by Crippen LogP contribution is -2.05. The van der Waals surface area contributed by atoms with Gasteiger partial charge in [-0.05, 0) is 56.5 Å². The monoisotopic (exact) mass is 400 g/mol. The van der Waals surface area contributed by atoms with Gasteiger partial charge in [0.25, 0.3) is 0 Å². The molecular formula is C12H9Br2F3O2. The van der Waals surface area contributed by atoms with E-state index in [1.807, 2.05) is 0 Å². The number of carbonyl (C=O) groups excluding carboxylic acids is 1. The number of esters is 1. The molecule has 1 aromatic rings. The molecular weight excluding hydrogens is 393 g/mol. The fraction of sp³-hybridized carbons (Fsp3) is 0.250. The van der Waals surface area contributed by atoms with Crippen LogP contribution >= 0.6 is 31.9 Å². The molecule has 0 aromatic heterocycles. The van der Waals surface area contributed by atoms with E-state index in [9.17, 15) is 18.0 Å². The molecule has 0 bridgehead atoms. The van der Waals surface area contributed by atoms with E-state index < -0.39 is 17.7 Å². The average molecular weight is 402 g/mol. The molecule has 1 rings (SSSR count). The highest BCUT2D eigenvalue weighted by molar-refractivity contribution is 9.16. The van der Waals surface area contributed by atoms with Crippen LogP contribution in [0.25, 0.3) is 4.48 Å². The Morgan fingerprint density at radius 1 is 1.21 bits per heavy atom. The van der Waals surface area contributed by atoms with Crippen LogP contribution in [0.1, 0.15) is 18.1 Å². The summed E-state index contributed by atoms with van der Waals surface area (Å²) in [6, 6.07) is 4.44. The molecule has 0 heterocycles. The van der Waals surface area contributed by atoms with Gasteiger partial charge in [-0.3, -0.25) is 0 Å². The molecule has 2 nitrogen and oxygen atoms in total. The topological polar surface area (TPSA) is 26.3 Å². The van der Waals surface area contributed by atoms with E-state index in [4.69, 9.17) is 4.74 Å². The highest BCUT2D eigenvalue weighted by Gasteiger charge is 2.30. The third-order valence-electron chi connectivity index (χ3n) is 2.11. The van der Waals surface area contributed by atoms with Crippen molar-refractivity contribution in [3.8, 4) is 0 Å². The molecule has 0 spiro atoms. The SMILES string of the molecule is CCOC(=O)/C(Br)=C(\Br)c1ccc(C(F)(F)F)cc1. The molecule has 0 aliphatic rings. The molecule has 0 aliphatic carbocycles.